The highest BCUT2D eigenvalue weighted by molar-refractivity contribution is 5.80. The summed E-state index contributed by atoms with van der Waals surface area (Å²) in [5.41, 5.74) is 2.11. The molecule has 3 atom stereocenters. The molecule has 108 valence electrons. The van der Waals surface area contributed by atoms with Crippen LogP contribution in [0.15, 0.2) is 24.3 Å². The lowest BCUT2D eigenvalue weighted by molar-refractivity contribution is -0.146. The molecule has 0 amide bonds. The molecule has 5 nitrogen and oxygen atoms in total. The second kappa shape index (κ2) is 6.05. The third kappa shape index (κ3) is 2.82. The van der Waals surface area contributed by atoms with Gasteiger partial charge in [0.25, 0.3) is 0 Å². The van der Waals surface area contributed by atoms with E-state index >= 15 is 0 Å². The van der Waals surface area contributed by atoms with Crippen molar-refractivity contribution in [2.24, 2.45) is 5.92 Å². The topological polar surface area (TPSA) is 64.6 Å². The van der Waals surface area contributed by atoms with E-state index in [1.807, 2.05) is 31.2 Å². The second-order valence-electron chi connectivity index (χ2n) is 5.00. The first-order chi connectivity index (χ1) is 9.56. The lowest BCUT2D eigenvalue weighted by Crippen LogP contribution is -2.33. The van der Waals surface area contributed by atoms with E-state index in [1.54, 1.807) is 0 Å². The fourth-order valence-corrected chi connectivity index (χ4v) is 2.58. The van der Waals surface area contributed by atoms with Crippen LogP contribution in [0, 0.1) is 12.8 Å². The van der Waals surface area contributed by atoms with Crippen molar-refractivity contribution in [3.8, 4) is 0 Å². The summed E-state index contributed by atoms with van der Waals surface area (Å²) in [4.78, 5) is 23.6. The first kappa shape index (κ1) is 14.5. The van der Waals surface area contributed by atoms with Crippen molar-refractivity contribution in [1.29, 1.82) is 0 Å². The number of hydrogen-bond acceptors (Lipinski definition) is 5. The molecule has 20 heavy (non-hydrogen) atoms. The molecule has 0 radical (unpaired) electrons. The summed E-state index contributed by atoms with van der Waals surface area (Å²) in [5.74, 6) is -1.05. The molecule has 0 aliphatic carbocycles. The third-order valence-electron chi connectivity index (χ3n) is 3.70. The van der Waals surface area contributed by atoms with Crippen LogP contribution in [0.1, 0.15) is 23.6 Å². The van der Waals surface area contributed by atoms with Crippen LogP contribution in [0.5, 0.6) is 0 Å². The molecule has 0 aromatic heterocycles. The van der Waals surface area contributed by atoms with Crippen LogP contribution in [0.4, 0.5) is 0 Å². The smallest absolute Gasteiger partial charge is 0.322 e. The van der Waals surface area contributed by atoms with Gasteiger partial charge in [-0.1, -0.05) is 29.8 Å². The normalized spacial score (nSPS) is 25.2. The number of benzene rings is 1. The zero-order valence-corrected chi connectivity index (χ0v) is 11.9. The van der Waals surface area contributed by atoms with Crippen LogP contribution in [0.3, 0.4) is 0 Å². The molecule has 1 aliphatic heterocycles. The van der Waals surface area contributed by atoms with E-state index in [2.05, 4.69) is 5.32 Å². The molecule has 0 spiro atoms. The fraction of sp³-hybridized carbons (Fsp3) is 0.467. The van der Waals surface area contributed by atoms with Gasteiger partial charge in [-0.3, -0.25) is 14.9 Å². The zero-order valence-electron chi connectivity index (χ0n) is 11.9. The minimum atomic E-state index is -0.476. The second-order valence-corrected chi connectivity index (χ2v) is 5.00. The maximum Gasteiger partial charge on any atom is 0.322 e. The molecule has 1 N–H and O–H groups in total. The number of esters is 2. The van der Waals surface area contributed by atoms with E-state index in [0.717, 1.165) is 11.1 Å². The van der Waals surface area contributed by atoms with Gasteiger partial charge in [-0.25, -0.2) is 0 Å². The molecule has 0 saturated carbocycles. The molecule has 1 aromatic carbocycles. The molecular formula is C15H19NO4. The Bertz CT molecular complexity index is 497. The molecule has 1 saturated heterocycles. The van der Waals surface area contributed by atoms with Crippen LogP contribution < -0.4 is 5.32 Å². The van der Waals surface area contributed by atoms with E-state index < -0.39 is 6.04 Å². The Kier molecular flexibility index (Phi) is 4.39. The van der Waals surface area contributed by atoms with E-state index in [1.165, 1.54) is 14.2 Å². The molecule has 1 fully saturated rings. The Morgan fingerprint density at radius 1 is 1.10 bits per heavy atom. The van der Waals surface area contributed by atoms with Crippen LogP contribution >= 0.6 is 0 Å². The van der Waals surface area contributed by atoms with E-state index in [9.17, 15) is 9.59 Å². The number of nitrogens with one attached hydrogen (secondary N) is 1. The summed E-state index contributed by atoms with van der Waals surface area (Å²) in [5, 5.41) is 3.17. The maximum absolute atomic E-state index is 11.9. The van der Waals surface area contributed by atoms with Gasteiger partial charge in [0, 0.05) is 6.04 Å². The van der Waals surface area contributed by atoms with Gasteiger partial charge in [-0.2, -0.15) is 0 Å². The summed E-state index contributed by atoms with van der Waals surface area (Å²) < 4.78 is 9.59. The number of rotatable bonds is 3. The number of hydrogen-bond donors (Lipinski definition) is 1. The van der Waals surface area contributed by atoms with Crippen molar-refractivity contribution in [2.75, 3.05) is 14.2 Å². The van der Waals surface area contributed by atoms with Crippen LogP contribution in [0.2, 0.25) is 0 Å². The zero-order chi connectivity index (χ0) is 14.7. The van der Waals surface area contributed by atoms with Crippen molar-refractivity contribution in [1.82, 2.24) is 5.32 Å². The molecule has 1 aliphatic rings. The average Bonchev–Trinajstić information content (AvgIpc) is 2.91. The van der Waals surface area contributed by atoms with Crippen molar-refractivity contribution in [2.45, 2.75) is 25.4 Å². The van der Waals surface area contributed by atoms with Gasteiger partial charge >= 0.3 is 11.9 Å². The molecule has 5 heteroatoms. The lowest BCUT2D eigenvalue weighted by Gasteiger charge is -2.18. The van der Waals surface area contributed by atoms with E-state index in [0.29, 0.717) is 6.42 Å². The Labute approximate surface area is 118 Å². The summed E-state index contributed by atoms with van der Waals surface area (Å²) in [7, 11) is 2.70. The fourth-order valence-electron chi connectivity index (χ4n) is 2.58. The van der Waals surface area contributed by atoms with E-state index in [-0.39, 0.29) is 23.9 Å². The predicted octanol–water partition coefficient (Wildman–Crippen LogP) is 1.36. The highest BCUT2D eigenvalue weighted by Crippen LogP contribution is 2.34. The first-order valence-electron chi connectivity index (χ1n) is 6.55. The lowest BCUT2D eigenvalue weighted by atomic mass is 9.93. The molecule has 1 aromatic rings. The van der Waals surface area contributed by atoms with Gasteiger partial charge in [-0.15, -0.1) is 0 Å². The van der Waals surface area contributed by atoms with Gasteiger partial charge in [0.1, 0.15) is 6.04 Å². The van der Waals surface area contributed by atoms with Crippen LogP contribution in [0.25, 0.3) is 0 Å². The van der Waals surface area contributed by atoms with Gasteiger partial charge in [0.05, 0.1) is 20.1 Å². The summed E-state index contributed by atoms with van der Waals surface area (Å²) in [6.45, 7) is 2.00. The SMILES string of the molecule is COC(=O)[C@@H]1C[C@H](C(=O)OC)[C@H](c2ccc(C)cc2)N1. The minimum Gasteiger partial charge on any atom is -0.469 e. The Morgan fingerprint density at radius 3 is 2.25 bits per heavy atom. The highest BCUT2D eigenvalue weighted by atomic mass is 16.5. The Morgan fingerprint density at radius 2 is 1.70 bits per heavy atom. The number of aryl methyl sites for hydroxylation is 1. The largest absolute Gasteiger partial charge is 0.469 e. The van der Waals surface area contributed by atoms with Crippen molar-refractivity contribution in [3.63, 3.8) is 0 Å². The van der Waals surface area contributed by atoms with Gasteiger partial charge in [0.2, 0.25) is 0 Å². The number of ether oxygens (including phenoxy) is 2. The quantitative estimate of drug-likeness (QED) is 0.845. The third-order valence-corrected chi connectivity index (χ3v) is 3.70. The maximum atomic E-state index is 11.9. The van der Waals surface area contributed by atoms with Crippen molar-refractivity contribution < 1.29 is 19.1 Å². The van der Waals surface area contributed by atoms with Crippen molar-refractivity contribution >= 4 is 11.9 Å². The number of carbonyl (C=O) groups excluding carboxylic acids is 2. The summed E-state index contributed by atoms with van der Waals surface area (Å²) >= 11 is 0. The standard InChI is InChI=1S/C15H19NO4/c1-9-4-6-10(7-5-9)13-11(14(17)19-2)8-12(16-13)15(18)20-3/h4-7,11-13,16H,8H2,1-3H3/t11-,12-,13-/m0/s1. The van der Waals surface area contributed by atoms with Gasteiger partial charge in [-0.05, 0) is 18.9 Å². The average molecular weight is 277 g/mol. The summed E-state index contributed by atoms with van der Waals surface area (Å²) in [6, 6.07) is 7.18. The molecule has 1 heterocycles. The van der Waals surface area contributed by atoms with E-state index in [4.69, 9.17) is 9.47 Å². The van der Waals surface area contributed by atoms with Gasteiger partial charge < -0.3 is 9.47 Å². The Balaban J connectivity index is 2.25. The predicted molar refractivity (Wildman–Crippen MR) is 73.0 cm³/mol. The molecular weight excluding hydrogens is 258 g/mol. The van der Waals surface area contributed by atoms with Crippen molar-refractivity contribution in [3.05, 3.63) is 35.4 Å². The molecule has 0 bridgehead atoms. The molecule has 2 rings (SSSR count). The number of methoxy groups -OCH3 is 2. The summed E-state index contributed by atoms with van der Waals surface area (Å²) in [6.07, 6.45) is 0.387. The Hall–Kier alpha value is -1.88. The van der Waals surface area contributed by atoms with Crippen LogP contribution in [-0.2, 0) is 19.1 Å². The highest BCUT2D eigenvalue weighted by Gasteiger charge is 2.43. The monoisotopic (exact) mass is 277 g/mol. The first-order valence-corrected chi connectivity index (χ1v) is 6.55. The molecule has 0 unspecified atom stereocenters. The minimum absolute atomic E-state index is 0.229. The number of carbonyl (C=O) groups is 2. The van der Waals surface area contributed by atoms with Crippen LogP contribution in [-0.4, -0.2) is 32.2 Å². The van der Waals surface area contributed by atoms with Gasteiger partial charge in [0.15, 0.2) is 0 Å².